The third-order valence-electron chi connectivity index (χ3n) is 6.27. The van der Waals surface area contributed by atoms with Crippen molar-refractivity contribution < 1.29 is 0 Å². The smallest absolute Gasteiger partial charge is 0.191 e. The number of hydrogen-bond donors (Lipinski definition) is 2. The largest absolute Gasteiger partial charge is 0.369 e. The zero-order valence-electron chi connectivity index (χ0n) is 19.0. The fourth-order valence-corrected chi connectivity index (χ4v) is 4.31. The van der Waals surface area contributed by atoms with Crippen molar-refractivity contribution in [2.24, 2.45) is 4.99 Å². The Balaban J connectivity index is 1.32. The van der Waals surface area contributed by atoms with Crippen LogP contribution in [0.15, 0.2) is 47.6 Å². The molecule has 1 unspecified atom stereocenters. The van der Waals surface area contributed by atoms with E-state index in [1.807, 2.05) is 19.3 Å². The molecule has 0 bridgehead atoms. The average molecular weight is 422 g/mol. The number of guanidine groups is 1. The minimum atomic E-state index is 0.388. The number of benzene rings is 1. The number of piperazine rings is 1. The maximum Gasteiger partial charge on any atom is 0.191 e. The van der Waals surface area contributed by atoms with Crippen LogP contribution in [0.25, 0.3) is 0 Å². The van der Waals surface area contributed by atoms with Crippen LogP contribution < -0.4 is 20.4 Å². The molecule has 7 nitrogen and oxygen atoms in total. The standard InChI is InChI=1S/C24H35N7/c1-19-6-8-22(9-7-19)31-12-10-21(18-31)28-24(25-2)27-17-20-5-4-11-26-23(20)30-15-13-29(3)14-16-30/h4-9,11,21H,10,12-18H2,1-3H3,(H2,25,27,28). The van der Waals surface area contributed by atoms with Gasteiger partial charge in [0, 0.05) is 76.4 Å². The van der Waals surface area contributed by atoms with Crippen LogP contribution in [0.5, 0.6) is 0 Å². The van der Waals surface area contributed by atoms with Crippen molar-refractivity contribution in [2.45, 2.75) is 25.9 Å². The van der Waals surface area contributed by atoms with Crippen molar-refractivity contribution in [3.05, 3.63) is 53.7 Å². The predicted molar refractivity (Wildman–Crippen MR) is 129 cm³/mol. The molecule has 0 aliphatic carbocycles. The van der Waals surface area contributed by atoms with Crippen LogP contribution in [0.3, 0.4) is 0 Å². The topological polar surface area (TPSA) is 59.0 Å². The van der Waals surface area contributed by atoms with Gasteiger partial charge in [0.05, 0.1) is 0 Å². The molecular formula is C24H35N7. The van der Waals surface area contributed by atoms with Gasteiger partial charge in [0.15, 0.2) is 5.96 Å². The highest BCUT2D eigenvalue weighted by atomic mass is 15.3. The predicted octanol–water partition coefficient (Wildman–Crippen LogP) is 2.09. The van der Waals surface area contributed by atoms with Crippen molar-refractivity contribution in [3.8, 4) is 0 Å². The lowest BCUT2D eigenvalue weighted by Crippen LogP contribution is -2.46. The second kappa shape index (κ2) is 10.0. The second-order valence-corrected chi connectivity index (χ2v) is 8.61. The first-order valence-corrected chi connectivity index (χ1v) is 11.3. The van der Waals surface area contributed by atoms with E-state index in [0.717, 1.165) is 57.5 Å². The number of nitrogens with one attached hydrogen (secondary N) is 2. The van der Waals surface area contributed by atoms with Crippen molar-refractivity contribution in [2.75, 3.05) is 63.2 Å². The molecule has 0 amide bonds. The highest BCUT2D eigenvalue weighted by molar-refractivity contribution is 5.80. The number of aromatic nitrogens is 1. The number of aryl methyl sites for hydroxylation is 1. The lowest BCUT2D eigenvalue weighted by atomic mass is 10.2. The van der Waals surface area contributed by atoms with Crippen LogP contribution in [-0.2, 0) is 6.54 Å². The number of pyridine rings is 1. The summed E-state index contributed by atoms with van der Waals surface area (Å²) >= 11 is 0. The van der Waals surface area contributed by atoms with Crippen LogP contribution in [0.4, 0.5) is 11.5 Å². The first-order chi connectivity index (χ1) is 15.1. The highest BCUT2D eigenvalue weighted by Gasteiger charge is 2.24. The second-order valence-electron chi connectivity index (χ2n) is 8.61. The molecule has 1 atom stereocenters. The first kappa shape index (κ1) is 21.4. The van der Waals surface area contributed by atoms with Crippen molar-refractivity contribution in [1.29, 1.82) is 0 Å². The van der Waals surface area contributed by atoms with E-state index in [2.05, 4.69) is 79.6 Å². The monoisotopic (exact) mass is 421 g/mol. The molecule has 2 aromatic rings. The number of anilines is 2. The zero-order valence-corrected chi connectivity index (χ0v) is 19.0. The summed E-state index contributed by atoms with van der Waals surface area (Å²) in [4.78, 5) is 16.3. The van der Waals surface area contributed by atoms with Gasteiger partial charge in [-0.1, -0.05) is 23.8 Å². The van der Waals surface area contributed by atoms with Gasteiger partial charge >= 0.3 is 0 Å². The van der Waals surface area contributed by atoms with E-state index in [1.165, 1.54) is 16.8 Å². The lowest BCUT2D eigenvalue weighted by molar-refractivity contribution is 0.312. The van der Waals surface area contributed by atoms with E-state index in [9.17, 15) is 0 Å². The van der Waals surface area contributed by atoms with Crippen LogP contribution in [-0.4, -0.2) is 75.2 Å². The Bertz CT molecular complexity index is 872. The third kappa shape index (κ3) is 5.47. The molecule has 2 saturated heterocycles. The van der Waals surface area contributed by atoms with Gasteiger partial charge in [0.2, 0.25) is 0 Å². The zero-order chi connectivity index (χ0) is 21.6. The fraction of sp³-hybridized carbons (Fsp3) is 0.500. The molecule has 2 aliphatic rings. The number of nitrogens with zero attached hydrogens (tertiary/aromatic N) is 5. The average Bonchev–Trinajstić information content (AvgIpc) is 3.26. The Morgan fingerprint density at radius 3 is 2.58 bits per heavy atom. The number of aliphatic imine (C=N–C) groups is 1. The summed E-state index contributed by atoms with van der Waals surface area (Å²) in [6, 6.07) is 13.4. The molecule has 31 heavy (non-hydrogen) atoms. The summed E-state index contributed by atoms with van der Waals surface area (Å²) < 4.78 is 0. The molecule has 0 saturated carbocycles. The van der Waals surface area contributed by atoms with Crippen LogP contribution in [0.2, 0.25) is 0 Å². The minimum Gasteiger partial charge on any atom is -0.369 e. The van der Waals surface area contributed by atoms with Gasteiger partial charge in [-0.3, -0.25) is 4.99 Å². The Kier molecular flexibility index (Phi) is 6.92. The van der Waals surface area contributed by atoms with Crippen LogP contribution in [0, 0.1) is 6.92 Å². The van der Waals surface area contributed by atoms with Crippen LogP contribution >= 0.6 is 0 Å². The SMILES string of the molecule is CN=C(NCc1cccnc1N1CCN(C)CC1)NC1CCN(c2ccc(C)cc2)C1. The summed E-state index contributed by atoms with van der Waals surface area (Å²) in [6.07, 6.45) is 3.00. The molecule has 2 N–H and O–H groups in total. The Hall–Kier alpha value is -2.80. The van der Waals surface area contributed by atoms with Gasteiger partial charge in [0.1, 0.15) is 5.82 Å². The van der Waals surface area contributed by atoms with E-state index < -0.39 is 0 Å². The highest BCUT2D eigenvalue weighted by Crippen LogP contribution is 2.21. The molecule has 3 heterocycles. The van der Waals surface area contributed by atoms with Crippen molar-refractivity contribution in [1.82, 2.24) is 20.5 Å². The van der Waals surface area contributed by atoms with E-state index in [4.69, 9.17) is 0 Å². The molecule has 0 spiro atoms. The molecule has 2 fully saturated rings. The molecule has 7 heteroatoms. The molecule has 1 aromatic heterocycles. The van der Waals surface area contributed by atoms with Gasteiger partial charge < -0.3 is 25.3 Å². The van der Waals surface area contributed by atoms with E-state index in [1.54, 1.807) is 0 Å². The van der Waals surface area contributed by atoms with Gasteiger partial charge in [-0.15, -0.1) is 0 Å². The number of rotatable bonds is 5. The normalized spacial score (nSPS) is 20.2. The molecule has 166 valence electrons. The molecule has 2 aliphatic heterocycles. The van der Waals surface area contributed by atoms with E-state index in [0.29, 0.717) is 12.6 Å². The van der Waals surface area contributed by atoms with Gasteiger partial charge in [-0.05, 0) is 38.6 Å². The molecule has 4 rings (SSSR count). The summed E-state index contributed by atoms with van der Waals surface area (Å²) in [5.74, 6) is 1.94. The Labute approximate surface area is 186 Å². The fourth-order valence-electron chi connectivity index (χ4n) is 4.31. The number of hydrogen-bond acceptors (Lipinski definition) is 5. The summed E-state index contributed by atoms with van der Waals surface area (Å²) in [7, 11) is 4.02. The maximum atomic E-state index is 4.68. The van der Waals surface area contributed by atoms with Gasteiger partial charge in [0.25, 0.3) is 0 Å². The Morgan fingerprint density at radius 2 is 1.84 bits per heavy atom. The minimum absolute atomic E-state index is 0.388. The third-order valence-corrected chi connectivity index (χ3v) is 6.27. The quantitative estimate of drug-likeness (QED) is 0.570. The molecular weight excluding hydrogens is 386 g/mol. The maximum absolute atomic E-state index is 4.68. The molecule has 0 radical (unpaired) electrons. The van der Waals surface area contributed by atoms with Gasteiger partial charge in [-0.25, -0.2) is 4.98 Å². The molecule has 1 aromatic carbocycles. The van der Waals surface area contributed by atoms with E-state index in [-0.39, 0.29) is 0 Å². The Morgan fingerprint density at radius 1 is 1.06 bits per heavy atom. The summed E-state index contributed by atoms with van der Waals surface area (Å²) in [6.45, 7) is 9.08. The summed E-state index contributed by atoms with van der Waals surface area (Å²) in [5.41, 5.74) is 3.81. The van der Waals surface area contributed by atoms with Crippen molar-refractivity contribution >= 4 is 17.5 Å². The van der Waals surface area contributed by atoms with Crippen LogP contribution in [0.1, 0.15) is 17.5 Å². The lowest BCUT2D eigenvalue weighted by Gasteiger charge is -2.34. The number of likely N-dealkylation sites (N-methyl/N-ethyl adjacent to an activating group) is 1. The van der Waals surface area contributed by atoms with Gasteiger partial charge in [-0.2, -0.15) is 0 Å². The first-order valence-electron chi connectivity index (χ1n) is 11.3. The van der Waals surface area contributed by atoms with E-state index >= 15 is 0 Å². The summed E-state index contributed by atoms with van der Waals surface area (Å²) in [5, 5.41) is 7.11. The van der Waals surface area contributed by atoms with Crippen molar-refractivity contribution in [3.63, 3.8) is 0 Å².